The molecule has 0 unspecified atom stereocenters. The Labute approximate surface area is 206 Å². The highest BCUT2D eigenvalue weighted by Gasteiger charge is 2.10. The van der Waals surface area contributed by atoms with E-state index in [2.05, 4.69) is 58.4 Å². The van der Waals surface area contributed by atoms with E-state index in [-0.39, 0.29) is 24.0 Å². The molecule has 0 radical (unpaired) electrons. The molecule has 0 saturated carbocycles. The van der Waals surface area contributed by atoms with Crippen molar-refractivity contribution in [2.45, 2.75) is 33.9 Å². The van der Waals surface area contributed by atoms with Gasteiger partial charge in [-0.05, 0) is 50.6 Å². The summed E-state index contributed by atoms with van der Waals surface area (Å²) in [4.78, 5) is 9.56. The number of halogens is 1. The average molecular weight is 543 g/mol. The highest BCUT2D eigenvalue weighted by atomic mass is 127. The van der Waals surface area contributed by atoms with E-state index in [1.807, 2.05) is 49.0 Å². The van der Waals surface area contributed by atoms with Crippen molar-refractivity contribution in [3.63, 3.8) is 0 Å². The Bertz CT molecular complexity index is 1220. The van der Waals surface area contributed by atoms with Crippen molar-refractivity contribution in [2.24, 2.45) is 12.0 Å². The normalized spacial score (nSPS) is 11.4. The van der Waals surface area contributed by atoms with Gasteiger partial charge in [-0.15, -0.1) is 24.0 Å². The van der Waals surface area contributed by atoms with Crippen molar-refractivity contribution in [3.05, 3.63) is 77.4 Å². The van der Waals surface area contributed by atoms with Crippen LogP contribution in [-0.2, 0) is 20.1 Å². The summed E-state index contributed by atoms with van der Waals surface area (Å²) >= 11 is 0. The Kier molecular flexibility index (Phi) is 7.89. The molecular formula is C24H30IN7. The molecule has 7 nitrogen and oxygen atoms in total. The number of nitrogens with zero attached hydrogens (tertiary/aromatic N) is 5. The van der Waals surface area contributed by atoms with Crippen LogP contribution in [0.1, 0.15) is 29.7 Å². The van der Waals surface area contributed by atoms with Crippen LogP contribution in [-0.4, -0.2) is 31.8 Å². The second kappa shape index (κ2) is 10.6. The predicted octanol–water partition coefficient (Wildman–Crippen LogP) is 4.25. The molecule has 168 valence electrons. The van der Waals surface area contributed by atoms with E-state index in [4.69, 9.17) is 9.98 Å². The predicted molar refractivity (Wildman–Crippen MR) is 141 cm³/mol. The first kappa shape index (κ1) is 23.8. The van der Waals surface area contributed by atoms with Gasteiger partial charge in [0.15, 0.2) is 5.96 Å². The minimum Gasteiger partial charge on any atom is -0.357 e. The molecule has 4 rings (SSSR count). The second-order valence-electron chi connectivity index (χ2n) is 7.59. The summed E-state index contributed by atoms with van der Waals surface area (Å²) in [5.41, 5.74) is 6.42. The highest BCUT2D eigenvalue weighted by molar-refractivity contribution is 14.0. The fourth-order valence-electron chi connectivity index (χ4n) is 3.75. The Morgan fingerprint density at radius 2 is 1.78 bits per heavy atom. The summed E-state index contributed by atoms with van der Waals surface area (Å²) in [6.45, 7) is 8.08. The van der Waals surface area contributed by atoms with E-state index < -0.39 is 0 Å². The molecule has 0 fully saturated rings. The molecule has 2 N–H and O–H groups in total. The third-order valence-corrected chi connectivity index (χ3v) is 5.27. The summed E-state index contributed by atoms with van der Waals surface area (Å²) in [6, 6.07) is 18.5. The number of imidazole rings is 1. The minimum atomic E-state index is 0. The maximum atomic E-state index is 4.82. The van der Waals surface area contributed by atoms with Gasteiger partial charge in [0.25, 0.3) is 0 Å². The lowest BCUT2D eigenvalue weighted by atomic mass is 10.2. The second-order valence-corrected chi connectivity index (χ2v) is 7.59. The SMILES string of the molecule is CCNC(=NCc1ccccc1-n1nc(C)cc1C)NCc1nc2ccccc2n1C.I. The van der Waals surface area contributed by atoms with Crippen LogP contribution in [0.4, 0.5) is 0 Å². The zero-order valence-electron chi connectivity index (χ0n) is 19.0. The largest absolute Gasteiger partial charge is 0.357 e. The Balaban J connectivity index is 0.00000289. The number of para-hydroxylation sites is 3. The van der Waals surface area contributed by atoms with Gasteiger partial charge in [0.05, 0.1) is 35.5 Å². The molecule has 0 atom stereocenters. The van der Waals surface area contributed by atoms with Crippen molar-refractivity contribution in [1.29, 1.82) is 0 Å². The number of benzene rings is 2. The third kappa shape index (κ3) is 5.12. The number of fused-ring (bicyclic) bond motifs is 1. The van der Waals surface area contributed by atoms with Gasteiger partial charge in [0.1, 0.15) is 5.82 Å². The van der Waals surface area contributed by atoms with Crippen molar-refractivity contribution in [3.8, 4) is 5.69 Å². The van der Waals surface area contributed by atoms with Crippen molar-refractivity contribution >= 4 is 41.0 Å². The fourth-order valence-corrected chi connectivity index (χ4v) is 3.75. The lowest BCUT2D eigenvalue weighted by Crippen LogP contribution is -2.37. The molecule has 4 aromatic rings. The number of nitrogens with one attached hydrogen (secondary N) is 2. The molecule has 2 aromatic carbocycles. The number of guanidine groups is 1. The molecule has 32 heavy (non-hydrogen) atoms. The quantitative estimate of drug-likeness (QED) is 0.217. The zero-order chi connectivity index (χ0) is 21.8. The molecule has 0 aliphatic heterocycles. The summed E-state index contributed by atoms with van der Waals surface area (Å²) in [6.07, 6.45) is 0. The molecular weight excluding hydrogens is 513 g/mol. The molecule has 0 amide bonds. The number of aliphatic imine (C=N–C) groups is 1. The van der Waals surface area contributed by atoms with Gasteiger partial charge in [0, 0.05) is 19.3 Å². The molecule has 0 aliphatic carbocycles. The molecule has 0 aliphatic rings. The first-order valence-electron chi connectivity index (χ1n) is 10.6. The van der Waals surface area contributed by atoms with Gasteiger partial charge in [-0.25, -0.2) is 14.7 Å². The van der Waals surface area contributed by atoms with E-state index in [1.165, 1.54) is 0 Å². The van der Waals surface area contributed by atoms with E-state index in [0.717, 1.165) is 52.0 Å². The van der Waals surface area contributed by atoms with Gasteiger partial charge in [-0.1, -0.05) is 30.3 Å². The van der Waals surface area contributed by atoms with E-state index in [0.29, 0.717) is 13.1 Å². The van der Waals surface area contributed by atoms with Crippen LogP contribution in [0, 0.1) is 13.8 Å². The number of hydrogen-bond donors (Lipinski definition) is 2. The maximum Gasteiger partial charge on any atom is 0.191 e. The van der Waals surface area contributed by atoms with Crippen LogP contribution in [0.25, 0.3) is 16.7 Å². The number of rotatable bonds is 6. The average Bonchev–Trinajstić information content (AvgIpc) is 3.28. The van der Waals surface area contributed by atoms with E-state index in [9.17, 15) is 0 Å². The van der Waals surface area contributed by atoms with Crippen molar-refractivity contribution < 1.29 is 0 Å². The summed E-state index contributed by atoms with van der Waals surface area (Å²) < 4.78 is 4.10. The minimum absolute atomic E-state index is 0. The van der Waals surface area contributed by atoms with Crippen molar-refractivity contribution in [1.82, 2.24) is 30.0 Å². The smallest absolute Gasteiger partial charge is 0.191 e. The van der Waals surface area contributed by atoms with Gasteiger partial charge in [-0.3, -0.25) is 0 Å². The zero-order valence-corrected chi connectivity index (χ0v) is 21.3. The Morgan fingerprint density at radius 3 is 2.50 bits per heavy atom. The van der Waals surface area contributed by atoms with Crippen LogP contribution >= 0.6 is 24.0 Å². The van der Waals surface area contributed by atoms with Gasteiger partial charge >= 0.3 is 0 Å². The van der Waals surface area contributed by atoms with E-state index in [1.54, 1.807) is 0 Å². The maximum absolute atomic E-state index is 4.82. The van der Waals surface area contributed by atoms with Crippen LogP contribution in [0.3, 0.4) is 0 Å². The fraction of sp³-hybridized carbons (Fsp3) is 0.292. The molecule has 0 saturated heterocycles. The lowest BCUT2D eigenvalue weighted by molar-refractivity contribution is 0.737. The van der Waals surface area contributed by atoms with E-state index >= 15 is 0 Å². The van der Waals surface area contributed by atoms with Crippen LogP contribution in [0.5, 0.6) is 0 Å². The monoisotopic (exact) mass is 543 g/mol. The standard InChI is InChI=1S/C24H29N7.HI/c1-5-25-24(27-16-23-28-20-11-7-9-13-22(20)30(23)4)26-15-19-10-6-8-12-21(19)31-18(3)14-17(2)29-31;/h6-14H,5,15-16H2,1-4H3,(H2,25,26,27);1H. The number of aryl methyl sites for hydroxylation is 3. The Morgan fingerprint density at radius 1 is 1.03 bits per heavy atom. The van der Waals surface area contributed by atoms with Gasteiger partial charge < -0.3 is 15.2 Å². The van der Waals surface area contributed by atoms with Crippen LogP contribution in [0.15, 0.2) is 59.6 Å². The number of aromatic nitrogens is 4. The molecule has 2 aromatic heterocycles. The number of hydrogen-bond acceptors (Lipinski definition) is 3. The Hall–Kier alpha value is -2.88. The lowest BCUT2D eigenvalue weighted by Gasteiger charge is -2.13. The summed E-state index contributed by atoms with van der Waals surface area (Å²) in [5, 5.41) is 11.4. The first-order chi connectivity index (χ1) is 15.1. The third-order valence-electron chi connectivity index (χ3n) is 5.27. The summed E-state index contributed by atoms with van der Waals surface area (Å²) in [5.74, 6) is 1.73. The molecule has 0 spiro atoms. The first-order valence-corrected chi connectivity index (χ1v) is 10.6. The molecule has 8 heteroatoms. The van der Waals surface area contributed by atoms with Crippen LogP contribution in [0.2, 0.25) is 0 Å². The molecule has 0 bridgehead atoms. The summed E-state index contributed by atoms with van der Waals surface area (Å²) in [7, 11) is 2.04. The topological polar surface area (TPSA) is 72.1 Å². The molecule has 2 heterocycles. The van der Waals surface area contributed by atoms with Crippen molar-refractivity contribution in [2.75, 3.05) is 6.54 Å². The van der Waals surface area contributed by atoms with Gasteiger partial charge in [0.2, 0.25) is 0 Å². The van der Waals surface area contributed by atoms with Gasteiger partial charge in [-0.2, -0.15) is 5.10 Å². The van der Waals surface area contributed by atoms with Crippen LogP contribution < -0.4 is 10.6 Å². The highest BCUT2D eigenvalue weighted by Crippen LogP contribution is 2.18.